The average Bonchev–Trinajstić information content (AvgIpc) is 3.12. The number of amides is 2. The van der Waals surface area contributed by atoms with Gasteiger partial charge in [-0.25, -0.2) is 17.7 Å². The zero-order chi connectivity index (χ0) is 23.6. The SMILES string of the molecule is N#Cc1ccc(N2C(=O)CC(N(Cc3ccc(F)cc3)S(=O)(=O)c3ccccc3)C2=O)cc1. The van der Waals surface area contributed by atoms with Crippen molar-refractivity contribution in [1.29, 1.82) is 5.26 Å². The number of benzene rings is 3. The fraction of sp³-hybridized carbons (Fsp3) is 0.125. The van der Waals surface area contributed by atoms with Gasteiger partial charge in [0.25, 0.3) is 5.91 Å². The van der Waals surface area contributed by atoms with E-state index in [9.17, 15) is 22.4 Å². The summed E-state index contributed by atoms with van der Waals surface area (Å²) >= 11 is 0. The van der Waals surface area contributed by atoms with Gasteiger partial charge in [0, 0.05) is 6.54 Å². The Morgan fingerprint density at radius 2 is 1.61 bits per heavy atom. The Hall–Kier alpha value is -3.87. The van der Waals surface area contributed by atoms with Crippen molar-refractivity contribution in [1.82, 2.24) is 4.31 Å². The maximum Gasteiger partial charge on any atom is 0.252 e. The highest BCUT2D eigenvalue weighted by atomic mass is 32.2. The smallest absolute Gasteiger partial charge is 0.252 e. The molecule has 0 saturated carbocycles. The molecular formula is C24H18FN3O4S. The van der Waals surface area contributed by atoms with Crippen LogP contribution >= 0.6 is 0 Å². The highest BCUT2D eigenvalue weighted by Crippen LogP contribution is 2.30. The maximum atomic E-state index is 13.5. The summed E-state index contributed by atoms with van der Waals surface area (Å²) in [7, 11) is -4.17. The van der Waals surface area contributed by atoms with Crippen molar-refractivity contribution in [2.24, 2.45) is 0 Å². The number of rotatable bonds is 6. The van der Waals surface area contributed by atoms with E-state index in [0.717, 1.165) is 9.21 Å². The molecule has 1 atom stereocenters. The first kappa shape index (κ1) is 22.3. The maximum absolute atomic E-state index is 13.5. The lowest BCUT2D eigenvalue weighted by Gasteiger charge is -2.27. The molecule has 1 heterocycles. The Balaban J connectivity index is 1.73. The van der Waals surface area contributed by atoms with Crippen molar-refractivity contribution in [2.75, 3.05) is 4.90 Å². The molecule has 3 aromatic rings. The monoisotopic (exact) mass is 463 g/mol. The summed E-state index contributed by atoms with van der Waals surface area (Å²) in [5.41, 5.74) is 1.08. The molecule has 1 saturated heterocycles. The van der Waals surface area contributed by atoms with Crippen LogP contribution in [0.1, 0.15) is 17.5 Å². The highest BCUT2D eigenvalue weighted by Gasteiger charge is 2.46. The number of nitriles is 1. The van der Waals surface area contributed by atoms with Gasteiger partial charge >= 0.3 is 0 Å². The molecule has 0 spiro atoms. The van der Waals surface area contributed by atoms with Crippen molar-refractivity contribution < 1.29 is 22.4 Å². The van der Waals surface area contributed by atoms with Crippen LogP contribution in [0.2, 0.25) is 0 Å². The predicted octanol–water partition coefficient (Wildman–Crippen LogP) is 3.22. The molecule has 3 aromatic carbocycles. The van der Waals surface area contributed by atoms with Gasteiger partial charge in [-0.3, -0.25) is 9.59 Å². The van der Waals surface area contributed by atoms with Crippen LogP contribution in [0, 0.1) is 17.1 Å². The number of hydrogen-bond donors (Lipinski definition) is 0. The molecule has 2 amide bonds. The molecule has 4 rings (SSSR count). The standard InChI is InChI=1S/C24H18FN3O4S/c25-19-10-6-18(7-11-19)16-27(33(31,32)21-4-2-1-3-5-21)22-14-23(29)28(24(22)30)20-12-8-17(15-26)9-13-20/h1-13,22H,14,16H2. The molecule has 1 aliphatic heterocycles. The van der Waals surface area contributed by atoms with Crippen molar-refractivity contribution in [3.63, 3.8) is 0 Å². The fourth-order valence-corrected chi connectivity index (χ4v) is 5.25. The van der Waals surface area contributed by atoms with E-state index in [4.69, 9.17) is 5.26 Å². The molecule has 9 heteroatoms. The molecule has 33 heavy (non-hydrogen) atoms. The first-order valence-corrected chi connectivity index (χ1v) is 11.4. The normalized spacial score (nSPS) is 16.3. The van der Waals surface area contributed by atoms with Gasteiger partial charge in [0.2, 0.25) is 15.9 Å². The van der Waals surface area contributed by atoms with E-state index >= 15 is 0 Å². The van der Waals surface area contributed by atoms with Crippen molar-refractivity contribution in [3.8, 4) is 6.07 Å². The quantitative estimate of drug-likeness (QED) is 0.523. The Morgan fingerprint density at radius 3 is 2.21 bits per heavy atom. The second kappa shape index (κ2) is 8.94. The number of imide groups is 1. The Labute approximate surface area is 190 Å². The van der Waals surface area contributed by atoms with Gasteiger partial charge in [-0.2, -0.15) is 9.57 Å². The molecule has 1 unspecified atom stereocenters. The molecule has 0 aliphatic carbocycles. The number of halogens is 1. The van der Waals surface area contributed by atoms with E-state index in [1.54, 1.807) is 18.2 Å². The summed E-state index contributed by atoms with van der Waals surface area (Å²) in [5.74, 6) is -1.72. The van der Waals surface area contributed by atoms with E-state index in [2.05, 4.69) is 0 Å². The molecular weight excluding hydrogens is 445 g/mol. The summed E-state index contributed by atoms with van der Waals surface area (Å²) < 4.78 is 41.4. The van der Waals surface area contributed by atoms with E-state index in [0.29, 0.717) is 11.1 Å². The number of hydrogen-bond acceptors (Lipinski definition) is 5. The second-order valence-corrected chi connectivity index (χ2v) is 9.33. The lowest BCUT2D eigenvalue weighted by Crippen LogP contribution is -2.45. The van der Waals surface area contributed by atoms with Gasteiger partial charge in [0.1, 0.15) is 11.9 Å². The third-order valence-electron chi connectivity index (χ3n) is 5.33. The van der Waals surface area contributed by atoms with Crippen LogP contribution in [0.25, 0.3) is 0 Å². The summed E-state index contributed by atoms with van der Waals surface area (Å²) in [5, 5.41) is 8.97. The Morgan fingerprint density at radius 1 is 0.970 bits per heavy atom. The minimum absolute atomic E-state index is 0.0239. The Kier molecular flexibility index (Phi) is 6.05. The molecule has 0 bridgehead atoms. The number of nitrogens with zero attached hydrogens (tertiary/aromatic N) is 3. The lowest BCUT2D eigenvalue weighted by molar-refractivity contribution is -0.122. The summed E-state index contributed by atoms with van der Waals surface area (Å²) in [6, 6.07) is 19.4. The number of anilines is 1. The first-order valence-electron chi connectivity index (χ1n) is 9.99. The number of carbonyl (C=O) groups is 2. The molecule has 166 valence electrons. The third-order valence-corrected chi connectivity index (χ3v) is 7.20. The molecule has 1 aliphatic rings. The number of sulfonamides is 1. The zero-order valence-electron chi connectivity index (χ0n) is 17.3. The summed E-state index contributed by atoms with van der Waals surface area (Å²) in [4.78, 5) is 27.0. The predicted molar refractivity (Wildman–Crippen MR) is 118 cm³/mol. The zero-order valence-corrected chi connectivity index (χ0v) is 18.1. The molecule has 1 fully saturated rings. The van der Waals surface area contributed by atoms with E-state index in [1.807, 2.05) is 6.07 Å². The van der Waals surface area contributed by atoms with Crippen LogP contribution in [0.15, 0.2) is 83.8 Å². The summed E-state index contributed by atoms with van der Waals surface area (Å²) in [6.45, 7) is -0.220. The molecule has 7 nitrogen and oxygen atoms in total. The van der Waals surface area contributed by atoms with E-state index in [1.165, 1.54) is 60.7 Å². The van der Waals surface area contributed by atoms with E-state index < -0.39 is 33.7 Å². The molecule has 0 aromatic heterocycles. The van der Waals surface area contributed by atoms with Crippen LogP contribution in [-0.2, 0) is 26.2 Å². The second-order valence-electron chi connectivity index (χ2n) is 7.44. The average molecular weight is 463 g/mol. The van der Waals surface area contributed by atoms with Gasteiger partial charge in [-0.05, 0) is 54.1 Å². The minimum atomic E-state index is -4.17. The minimum Gasteiger partial charge on any atom is -0.274 e. The lowest BCUT2D eigenvalue weighted by atomic mass is 10.2. The van der Waals surface area contributed by atoms with Crippen molar-refractivity contribution in [2.45, 2.75) is 23.9 Å². The number of carbonyl (C=O) groups excluding carboxylic acids is 2. The molecule has 0 radical (unpaired) electrons. The highest BCUT2D eigenvalue weighted by molar-refractivity contribution is 7.89. The Bertz CT molecular complexity index is 1340. The van der Waals surface area contributed by atoms with E-state index in [-0.39, 0.29) is 23.5 Å². The van der Waals surface area contributed by atoms with Gasteiger partial charge in [-0.1, -0.05) is 30.3 Å². The fourth-order valence-electron chi connectivity index (χ4n) is 3.66. The first-order chi connectivity index (χ1) is 15.8. The van der Waals surface area contributed by atoms with Gasteiger partial charge in [-0.15, -0.1) is 0 Å². The van der Waals surface area contributed by atoms with Crippen LogP contribution in [0.3, 0.4) is 0 Å². The van der Waals surface area contributed by atoms with Crippen LogP contribution < -0.4 is 4.90 Å². The largest absolute Gasteiger partial charge is 0.274 e. The van der Waals surface area contributed by atoms with Crippen LogP contribution in [0.4, 0.5) is 10.1 Å². The van der Waals surface area contributed by atoms with Crippen molar-refractivity contribution in [3.05, 3.63) is 95.8 Å². The summed E-state index contributed by atoms with van der Waals surface area (Å²) in [6.07, 6.45) is -0.341. The van der Waals surface area contributed by atoms with Gasteiger partial charge in [0.05, 0.1) is 28.6 Å². The van der Waals surface area contributed by atoms with Crippen LogP contribution in [0.5, 0.6) is 0 Å². The molecule has 0 N–H and O–H groups in total. The van der Waals surface area contributed by atoms with Crippen molar-refractivity contribution >= 4 is 27.5 Å². The third kappa shape index (κ3) is 4.39. The van der Waals surface area contributed by atoms with Crippen LogP contribution in [-0.4, -0.2) is 30.6 Å². The topological polar surface area (TPSA) is 98.5 Å². The van der Waals surface area contributed by atoms with Gasteiger partial charge in [0.15, 0.2) is 0 Å². The van der Waals surface area contributed by atoms with Gasteiger partial charge < -0.3 is 0 Å².